The Morgan fingerprint density at radius 2 is 0.732 bits per heavy atom. The van der Waals surface area contributed by atoms with Crippen molar-refractivity contribution in [2.45, 2.75) is 146 Å². The van der Waals surface area contributed by atoms with Crippen LogP contribution in [0.2, 0.25) is 0 Å². The van der Waals surface area contributed by atoms with Gasteiger partial charge in [0.1, 0.15) is 61.5 Å². The lowest BCUT2D eigenvalue weighted by atomic mass is 9.85. The van der Waals surface area contributed by atoms with Crippen molar-refractivity contribution >= 4 is 23.9 Å². The summed E-state index contributed by atoms with van der Waals surface area (Å²) in [7, 11) is 1.22. The molecule has 0 N–H and O–H groups in total. The Morgan fingerprint density at radius 3 is 1.20 bits per heavy atom. The molecule has 0 aromatic heterocycles. The molecule has 18 nitrogen and oxygen atoms in total. The first-order valence-electron chi connectivity index (χ1n) is 32.9. The second kappa shape index (κ2) is 35.5. The highest BCUT2D eigenvalue weighted by molar-refractivity contribution is 5.90. The summed E-state index contributed by atoms with van der Waals surface area (Å²) in [6.45, 7) is 3.96. The van der Waals surface area contributed by atoms with Crippen molar-refractivity contribution in [2.75, 3.05) is 20.3 Å². The quantitative estimate of drug-likeness (QED) is 0.0304. The number of esters is 4. The van der Waals surface area contributed by atoms with Crippen LogP contribution in [-0.4, -0.2) is 130 Å². The predicted octanol–water partition coefficient (Wildman–Crippen LogP) is 12.4. The Morgan fingerprint density at radius 1 is 0.361 bits per heavy atom. The summed E-state index contributed by atoms with van der Waals surface area (Å²) in [6.07, 6.45) is -16.3. The van der Waals surface area contributed by atoms with E-state index in [0.29, 0.717) is 6.42 Å². The molecule has 3 saturated heterocycles. The summed E-state index contributed by atoms with van der Waals surface area (Å²) in [6, 6.07) is 73.5. The number of methoxy groups -OCH3 is 1. The molecular weight excluding hydrogens is 1240 g/mol. The maximum Gasteiger partial charge on any atom is 0.338 e. The van der Waals surface area contributed by atoms with Gasteiger partial charge in [-0.25, -0.2) is 14.4 Å². The molecule has 0 saturated carbocycles. The fourth-order valence-corrected chi connectivity index (χ4v) is 12.3. The molecule has 0 aliphatic carbocycles. The van der Waals surface area contributed by atoms with Crippen molar-refractivity contribution in [1.29, 1.82) is 0 Å². The molecule has 8 aromatic rings. The molecule has 3 aliphatic rings. The van der Waals surface area contributed by atoms with Crippen LogP contribution in [0.1, 0.15) is 85.6 Å². The summed E-state index contributed by atoms with van der Waals surface area (Å²) in [5.41, 5.74) is 4.96. The normalized spacial score (nSPS) is 25.5. The van der Waals surface area contributed by atoms with Gasteiger partial charge in [-0.15, -0.1) is 0 Å². The number of ether oxygens (including phenoxy) is 14. The SMILES string of the molecule is CCC1O[C@H](O[C@H]2C(COCc3ccccc3)O[C@@H](C)[C@H](OCc3ccccc3)C2O[C@@H]2OC(COC(=O)c3ccccc3)[C@H](OC(=O)c3ccccc3)C(CC(=O)OC)[C@H]2OC(=O)c2ccccc2)C(OCc2ccccc2)C(OCc2ccccc2)[C@@H]1OCc1ccccc1. The van der Waals surface area contributed by atoms with E-state index in [4.69, 9.17) is 66.3 Å². The van der Waals surface area contributed by atoms with Gasteiger partial charge in [-0.3, -0.25) is 4.79 Å². The van der Waals surface area contributed by atoms with Gasteiger partial charge in [0, 0.05) is 0 Å². The third-order valence-corrected chi connectivity index (χ3v) is 17.3. The second-order valence-electron chi connectivity index (χ2n) is 24.0. The van der Waals surface area contributed by atoms with Gasteiger partial charge in [0.05, 0.1) is 88.0 Å². The first-order chi connectivity index (χ1) is 47.6. The van der Waals surface area contributed by atoms with Crippen LogP contribution in [0.5, 0.6) is 0 Å². The molecule has 0 spiro atoms. The van der Waals surface area contributed by atoms with Gasteiger partial charge in [0.25, 0.3) is 0 Å². The molecule has 3 heterocycles. The molecule has 11 rings (SSSR count). The molecule has 7 unspecified atom stereocenters. The summed E-state index contributed by atoms with van der Waals surface area (Å²) in [4.78, 5) is 57.5. The van der Waals surface area contributed by atoms with E-state index < -0.39 is 129 Å². The zero-order valence-electron chi connectivity index (χ0n) is 54.5. The van der Waals surface area contributed by atoms with E-state index in [0.717, 1.165) is 27.8 Å². The summed E-state index contributed by atoms with van der Waals surface area (Å²) in [5.74, 6) is -4.45. The number of hydrogen-bond donors (Lipinski definition) is 0. The lowest BCUT2D eigenvalue weighted by molar-refractivity contribution is -0.377. The number of rotatable bonds is 30. The monoisotopic (exact) mass is 1320 g/mol. The fourth-order valence-electron chi connectivity index (χ4n) is 12.3. The van der Waals surface area contributed by atoms with Crippen LogP contribution in [0.25, 0.3) is 0 Å². The molecule has 97 heavy (non-hydrogen) atoms. The highest BCUT2D eigenvalue weighted by Crippen LogP contribution is 2.41. The van der Waals surface area contributed by atoms with Crippen molar-refractivity contribution in [1.82, 2.24) is 0 Å². The Bertz CT molecular complexity index is 3650. The van der Waals surface area contributed by atoms with Gasteiger partial charge in [-0.05, 0) is 77.6 Å². The molecule has 18 heteroatoms. The van der Waals surface area contributed by atoms with Gasteiger partial charge in [0.2, 0.25) is 0 Å². The van der Waals surface area contributed by atoms with Gasteiger partial charge in [0.15, 0.2) is 18.7 Å². The van der Waals surface area contributed by atoms with E-state index in [1.165, 1.54) is 7.11 Å². The van der Waals surface area contributed by atoms with Crippen LogP contribution in [0.4, 0.5) is 0 Å². The molecule has 506 valence electrons. The number of carbonyl (C=O) groups excluding carboxylic acids is 4. The van der Waals surface area contributed by atoms with E-state index in [2.05, 4.69) is 0 Å². The van der Waals surface area contributed by atoms with Crippen molar-refractivity contribution in [3.8, 4) is 0 Å². The number of carbonyl (C=O) groups is 4. The van der Waals surface area contributed by atoms with Gasteiger partial charge in [-0.1, -0.05) is 213 Å². The highest BCUT2D eigenvalue weighted by atomic mass is 16.8. The summed E-state index contributed by atoms with van der Waals surface area (Å²) >= 11 is 0. The molecular formula is C79H82O18. The zero-order valence-corrected chi connectivity index (χ0v) is 54.5. The third-order valence-electron chi connectivity index (χ3n) is 17.3. The molecule has 3 fully saturated rings. The van der Waals surface area contributed by atoms with Crippen LogP contribution < -0.4 is 0 Å². The molecule has 3 aliphatic heterocycles. The standard InChI is InChI=1S/C79H82O18/c1-4-63-70(87-48-56-33-17-7-18-34-56)72(88-49-57-35-19-8-20-36-57)74(89-50-58-37-21-9-22-38-58)79(92-63)96-71-64(51-85-46-54-29-13-5-14-30-54)91-53(2)67(86-47-55-31-15-6-16-32-55)73(71)97-78-69(95-77(83)61-43-27-12-28-44-61)62(45-66(80)84-3)68(94-76(82)60-41-25-11-26-42-60)65(93-78)52-90-75(81)59-39-23-10-24-40-59/h5-44,53,62-65,67-74,78-79H,4,45-52H2,1-3H3/t53-,62?,63?,64?,65?,67-,68+,69+,70+,71-,72?,73?,74?,78-,79+/m0/s1. The van der Waals surface area contributed by atoms with Crippen LogP contribution in [0.3, 0.4) is 0 Å². The van der Waals surface area contributed by atoms with Gasteiger partial charge < -0.3 is 66.3 Å². The molecule has 0 bridgehead atoms. The predicted molar refractivity (Wildman–Crippen MR) is 356 cm³/mol. The maximum absolute atomic E-state index is 14.9. The lowest BCUT2D eigenvalue weighted by Crippen LogP contribution is -2.67. The van der Waals surface area contributed by atoms with E-state index in [1.54, 1.807) is 91.0 Å². The van der Waals surface area contributed by atoms with E-state index >= 15 is 0 Å². The van der Waals surface area contributed by atoms with E-state index in [-0.39, 0.29) is 56.3 Å². The largest absolute Gasteiger partial charge is 0.469 e. The zero-order chi connectivity index (χ0) is 67.1. The summed E-state index contributed by atoms with van der Waals surface area (Å²) < 4.78 is 96.1. The molecule has 8 aromatic carbocycles. The minimum absolute atomic E-state index is 0.0515. The molecule has 15 atom stereocenters. The Kier molecular flexibility index (Phi) is 25.4. The minimum atomic E-state index is -1.72. The Labute approximate surface area is 565 Å². The highest BCUT2D eigenvalue weighted by Gasteiger charge is 2.58. The first-order valence-corrected chi connectivity index (χ1v) is 32.9. The number of hydrogen-bond acceptors (Lipinski definition) is 18. The fraction of sp³-hybridized carbons (Fsp3) is 0.342. The van der Waals surface area contributed by atoms with Crippen LogP contribution in [-0.2, 0) is 104 Å². The maximum atomic E-state index is 14.9. The smallest absolute Gasteiger partial charge is 0.338 e. The van der Waals surface area contributed by atoms with Crippen LogP contribution in [0.15, 0.2) is 243 Å². The van der Waals surface area contributed by atoms with E-state index in [1.807, 2.05) is 166 Å². The topological polar surface area (TPSA) is 197 Å². The van der Waals surface area contributed by atoms with Gasteiger partial charge >= 0.3 is 23.9 Å². The first kappa shape index (κ1) is 69.6. The second-order valence-corrected chi connectivity index (χ2v) is 24.0. The van der Waals surface area contributed by atoms with Crippen LogP contribution in [0, 0.1) is 5.92 Å². The third kappa shape index (κ3) is 19.1. The Hall–Kier alpha value is -8.76. The summed E-state index contributed by atoms with van der Waals surface area (Å²) in [5, 5.41) is 0. The van der Waals surface area contributed by atoms with E-state index in [9.17, 15) is 19.2 Å². The molecule has 0 radical (unpaired) electrons. The van der Waals surface area contributed by atoms with Crippen molar-refractivity contribution in [3.05, 3.63) is 287 Å². The Balaban J connectivity index is 1.05. The van der Waals surface area contributed by atoms with Crippen molar-refractivity contribution in [3.63, 3.8) is 0 Å². The van der Waals surface area contributed by atoms with Gasteiger partial charge in [-0.2, -0.15) is 0 Å². The average molecular weight is 1320 g/mol. The minimum Gasteiger partial charge on any atom is -0.469 e. The average Bonchev–Trinajstić information content (AvgIpc) is 0.770. The molecule has 0 amide bonds. The van der Waals surface area contributed by atoms with Crippen LogP contribution >= 0.6 is 0 Å². The van der Waals surface area contributed by atoms with Crippen molar-refractivity contribution < 1.29 is 85.5 Å². The lowest BCUT2D eigenvalue weighted by Gasteiger charge is -2.51. The van der Waals surface area contributed by atoms with Crippen molar-refractivity contribution in [2.24, 2.45) is 5.92 Å². The number of benzene rings is 8.